The minimum absolute atomic E-state index is 0.0190. The SMILES string of the molecule is COc1ccc(N2CCN(C(=O)Nc3c(C)cc(C)cc3C)CC2)cc1. The number of urea groups is 1. The maximum atomic E-state index is 12.7. The van der Waals surface area contributed by atoms with E-state index >= 15 is 0 Å². The van der Waals surface area contributed by atoms with Crippen molar-refractivity contribution in [2.45, 2.75) is 20.8 Å². The monoisotopic (exact) mass is 353 g/mol. The van der Waals surface area contributed by atoms with Gasteiger partial charge in [0, 0.05) is 37.6 Å². The molecule has 3 rings (SSSR count). The first-order valence-electron chi connectivity index (χ1n) is 9.00. The second-order valence-electron chi connectivity index (χ2n) is 6.88. The highest BCUT2D eigenvalue weighted by molar-refractivity contribution is 5.91. The van der Waals surface area contributed by atoms with Gasteiger partial charge in [-0.2, -0.15) is 0 Å². The fraction of sp³-hybridized carbons (Fsp3) is 0.381. The fourth-order valence-electron chi connectivity index (χ4n) is 3.52. The molecule has 0 atom stereocenters. The number of anilines is 2. The molecule has 0 aromatic heterocycles. The molecule has 0 radical (unpaired) electrons. The van der Waals surface area contributed by atoms with E-state index in [4.69, 9.17) is 4.74 Å². The Labute approximate surface area is 155 Å². The van der Waals surface area contributed by atoms with Crippen LogP contribution < -0.4 is 15.0 Å². The molecule has 2 aromatic carbocycles. The van der Waals surface area contributed by atoms with Gasteiger partial charge < -0.3 is 19.9 Å². The zero-order valence-electron chi connectivity index (χ0n) is 16.0. The van der Waals surface area contributed by atoms with Crippen LogP contribution in [0.1, 0.15) is 16.7 Å². The maximum Gasteiger partial charge on any atom is 0.321 e. The highest BCUT2D eigenvalue weighted by Crippen LogP contribution is 2.23. The maximum absolute atomic E-state index is 12.7. The topological polar surface area (TPSA) is 44.8 Å². The molecule has 0 unspecified atom stereocenters. The van der Waals surface area contributed by atoms with Crippen molar-refractivity contribution in [2.24, 2.45) is 0 Å². The summed E-state index contributed by atoms with van der Waals surface area (Å²) in [4.78, 5) is 16.8. The van der Waals surface area contributed by atoms with Gasteiger partial charge in [-0.3, -0.25) is 0 Å². The molecule has 5 nitrogen and oxygen atoms in total. The van der Waals surface area contributed by atoms with Crippen LogP contribution in [0.15, 0.2) is 36.4 Å². The number of rotatable bonds is 3. The first-order chi connectivity index (χ1) is 12.5. The van der Waals surface area contributed by atoms with Gasteiger partial charge in [0.25, 0.3) is 0 Å². The number of hydrogen-bond acceptors (Lipinski definition) is 3. The molecule has 1 aliphatic heterocycles. The summed E-state index contributed by atoms with van der Waals surface area (Å²) in [7, 11) is 1.67. The van der Waals surface area contributed by atoms with E-state index in [1.54, 1.807) is 7.11 Å². The summed E-state index contributed by atoms with van der Waals surface area (Å²) in [6, 6.07) is 12.2. The van der Waals surface area contributed by atoms with Crippen molar-refractivity contribution < 1.29 is 9.53 Å². The molecular formula is C21H27N3O2. The number of ether oxygens (including phenoxy) is 1. The lowest BCUT2D eigenvalue weighted by molar-refractivity contribution is 0.208. The van der Waals surface area contributed by atoms with Crippen molar-refractivity contribution >= 4 is 17.4 Å². The van der Waals surface area contributed by atoms with Crippen molar-refractivity contribution in [2.75, 3.05) is 43.5 Å². The van der Waals surface area contributed by atoms with Gasteiger partial charge in [0.2, 0.25) is 0 Å². The molecular weight excluding hydrogens is 326 g/mol. The van der Waals surface area contributed by atoms with E-state index in [9.17, 15) is 4.79 Å². The van der Waals surface area contributed by atoms with Crippen LogP contribution in [-0.2, 0) is 0 Å². The molecule has 1 N–H and O–H groups in total. The Morgan fingerprint density at radius 2 is 1.54 bits per heavy atom. The molecule has 2 aromatic rings. The van der Waals surface area contributed by atoms with Crippen LogP contribution >= 0.6 is 0 Å². The highest BCUT2D eigenvalue weighted by atomic mass is 16.5. The smallest absolute Gasteiger partial charge is 0.321 e. The average Bonchev–Trinajstić information content (AvgIpc) is 2.64. The standard InChI is InChI=1S/C21H27N3O2/c1-15-13-16(2)20(17(3)14-15)22-21(25)24-11-9-23(10-12-24)18-5-7-19(26-4)8-6-18/h5-8,13-14H,9-12H2,1-4H3,(H,22,25). The molecule has 5 heteroatoms. The predicted octanol–water partition coefficient (Wildman–Crippen LogP) is 3.97. The van der Waals surface area contributed by atoms with Gasteiger partial charge in [0.15, 0.2) is 0 Å². The average molecular weight is 353 g/mol. The van der Waals surface area contributed by atoms with Gasteiger partial charge in [-0.15, -0.1) is 0 Å². The van der Waals surface area contributed by atoms with Crippen LogP contribution in [0.3, 0.4) is 0 Å². The second kappa shape index (κ2) is 7.68. The van der Waals surface area contributed by atoms with Crippen LogP contribution in [0, 0.1) is 20.8 Å². The van der Waals surface area contributed by atoms with Crippen LogP contribution in [0.4, 0.5) is 16.2 Å². The van der Waals surface area contributed by atoms with Crippen molar-refractivity contribution in [3.63, 3.8) is 0 Å². The van der Waals surface area contributed by atoms with Gasteiger partial charge >= 0.3 is 6.03 Å². The van der Waals surface area contributed by atoms with Gasteiger partial charge in [-0.25, -0.2) is 4.79 Å². The number of benzene rings is 2. The first kappa shape index (κ1) is 18.1. The van der Waals surface area contributed by atoms with E-state index in [0.29, 0.717) is 13.1 Å². The van der Waals surface area contributed by atoms with Crippen molar-refractivity contribution in [1.29, 1.82) is 0 Å². The van der Waals surface area contributed by atoms with Crippen molar-refractivity contribution in [1.82, 2.24) is 4.90 Å². The Kier molecular flexibility index (Phi) is 5.35. The molecule has 2 amide bonds. The zero-order chi connectivity index (χ0) is 18.7. The van der Waals surface area contributed by atoms with Crippen LogP contribution in [0.2, 0.25) is 0 Å². The van der Waals surface area contributed by atoms with Gasteiger partial charge in [-0.05, 0) is 56.2 Å². The normalized spacial score (nSPS) is 14.3. The van der Waals surface area contributed by atoms with E-state index in [0.717, 1.165) is 41.3 Å². The lowest BCUT2D eigenvalue weighted by Crippen LogP contribution is -2.50. The quantitative estimate of drug-likeness (QED) is 0.908. The Bertz CT molecular complexity index is 755. The Balaban J connectivity index is 1.60. The zero-order valence-corrected chi connectivity index (χ0v) is 16.0. The lowest BCUT2D eigenvalue weighted by atomic mass is 10.1. The number of piperazine rings is 1. The van der Waals surface area contributed by atoms with E-state index in [2.05, 4.69) is 41.4 Å². The number of carbonyl (C=O) groups excluding carboxylic acids is 1. The summed E-state index contributed by atoms with van der Waals surface area (Å²) in [6.07, 6.45) is 0. The van der Waals surface area contributed by atoms with Crippen LogP contribution in [-0.4, -0.2) is 44.2 Å². The van der Waals surface area contributed by atoms with E-state index < -0.39 is 0 Å². The largest absolute Gasteiger partial charge is 0.497 e. The summed E-state index contributed by atoms with van der Waals surface area (Å²) >= 11 is 0. The molecule has 138 valence electrons. The molecule has 26 heavy (non-hydrogen) atoms. The number of nitrogens with one attached hydrogen (secondary N) is 1. The summed E-state index contributed by atoms with van der Waals surface area (Å²) in [6.45, 7) is 9.22. The number of amides is 2. The molecule has 0 spiro atoms. The molecule has 1 heterocycles. The van der Waals surface area contributed by atoms with Gasteiger partial charge in [0.05, 0.1) is 7.11 Å². The molecule has 1 aliphatic rings. The Morgan fingerprint density at radius 3 is 2.08 bits per heavy atom. The van der Waals surface area contributed by atoms with E-state index in [1.165, 1.54) is 5.56 Å². The third kappa shape index (κ3) is 3.93. The van der Waals surface area contributed by atoms with Gasteiger partial charge in [0.1, 0.15) is 5.75 Å². The number of carbonyl (C=O) groups is 1. The molecule has 1 saturated heterocycles. The minimum Gasteiger partial charge on any atom is -0.497 e. The number of methoxy groups -OCH3 is 1. The Morgan fingerprint density at radius 1 is 0.962 bits per heavy atom. The minimum atomic E-state index is -0.0190. The first-order valence-corrected chi connectivity index (χ1v) is 9.00. The number of nitrogens with zero attached hydrogens (tertiary/aromatic N) is 2. The number of aryl methyl sites for hydroxylation is 3. The third-order valence-electron chi connectivity index (χ3n) is 4.91. The van der Waals surface area contributed by atoms with E-state index in [-0.39, 0.29) is 6.03 Å². The predicted molar refractivity (Wildman–Crippen MR) is 106 cm³/mol. The highest BCUT2D eigenvalue weighted by Gasteiger charge is 2.22. The summed E-state index contributed by atoms with van der Waals surface area (Å²) in [5.74, 6) is 0.857. The molecule has 0 saturated carbocycles. The molecule has 0 bridgehead atoms. The second-order valence-corrected chi connectivity index (χ2v) is 6.88. The van der Waals surface area contributed by atoms with E-state index in [1.807, 2.05) is 30.9 Å². The molecule has 1 fully saturated rings. The van der Waals surface area contributed by atoms with Crippen LogP contribution in [0.5, 0.6) is 5.75 Å². The summed E-state index contributed by atoms with van der Waals surface area (Å²) in [5.41, 5.74) is 5.51. The van der Waals surface area contributed by atoms with Crippen molar-refractivity contribution in [3.05, 3.63) is 53.1 Å². The Hall–Kier alpha value is -2.69. The molecule has 0 aliphatic carbocycles. The lowest BCUT2D eigenvalue weighted by Gasteiger charge is -2.36. The number of hydrogen-bond donors (Lipinski definition) is 1. The summed E-state index contributed by atoms with van der Waals surface area (Å²) in [5, 5.41) is 3.10. The fourth-order valence-corrected chi connectivity index (χ4v) is 3.52. The third-order valence-corrected chi connectivity index (χ3v) is 4.91. The van der Waals surface area contributed by atoms with Crippen molar-refractivity contribution in [3.8, 4) is 5.75 Å². The summed E-state index contributed by atoms with van der Waals surface area (Å²) < 4.78 is 5.21. The van der Waals surface area contributed by atoms with Gasteiger partial charge in [-0.1, -0.05) is 17.7 Å². The van der Waals surface area contributed by atoms with Crippen LogP contribution in [0.25, 0.3) is 0 Å².